The number of carbonyl (C=O) groups is 1. The van der Waals surface area contributed by atoms with Crippen LogP contribution in [0.3, 0.4) is 0 Å². The van der Waals surface area contributed by atoms with Crippen LogP contribution in [-0.2, 0) is 4.79 Å². The third kappa shape index (κ3) is 3.70. The average Bonchev–Trinajstić information content (AvgIpc) is 2.61. The SMILES string of the molecule is CCC(CC)NC(=O)C1(CN)CCCCCC1. The minimum absolute atomic E-state index is 0.204. The molecule has 1 fully saturated rings. The summed E-state index contributed by atoms with van der Waals surface area (Å²) in [6.45, 7) is 4.74. The van der Waals surface area contributed by atoms with Gasteiger partial charge in [0.05, 0.1) is 5.41 Å². The molecule has 1 rings (SSSR count). The van der Waals surface area contributed by atoms with Gasteiger partial charge < -0.3 is 11.1 Å². The second kappa shape index (κ2) is 7.00. The van der Waals surface area contributed by atoms with Gasteiger partial charge in [-0.1, -0.05) is 39.5 Å². The minimum Gasteiger partial charge on any atom is -0.353 e. The van der Waals surface area contributed by atoms with E-state index in [4.69, 9.17) is 5.73 Å². The molecule has 0 spiro atoms. The Bertz CT molecular complexity index is 228. The van der Waals surface area contributed by atoms with E-state index in [1.54, 1.807) is 0 Å². The van der Waals surface area contributed by atoms with E-state index in [9.17, 15) is 4.79 Å². The number of nitrogens with two attached hydrogens (primary N) is 1. The van der Waals surface area contributed by atoms with Crippen molar-refractivity contribution in [3.63, 3.8) is 0 Å². The molecule has 0 saturated heterocycles. The zero-order valence-electron chi connectivity index (χ0n) is 11.4. The summed E-state index contributed by atoms with van der Waals surface area (Å²) < 4.78 is 0. The molecule has 1 aliphatic carbocycles. The van der Waals surface area contributed by atoms with E-state index < -0.39 is 0 Å². The molecule has 0 aromatic carbocycles. The van der Waals surface area contributed by atoms with Crippen molar-refractivity contribution in [2.24, 2.45) is 11.1 Å². The van der Waals surface area contributed by atoms with E-state index in [2.05, 4.69) is 19.2 Å². The molecule has 0 aromatic heterocycles. The van der Waals surface area contributed by atoms with E-state index >= 15 is 0 Å². The molecular weight excluding hydrogens is 212 g/mol. The topological polar surface area (TPSA) is 55.1 Å². The van der Waals surface area contributed by atoms with Crippen LogP contribution in [0.25, 0.3) is 0 Å². The molecule has 3 nitrogen and oxygen atoms in total. The first-order chi connectivity index (χ1) is 8.18. The molecule has 0 bridgehead atoms. The van der Waals surface area contributed by atoms with Gasteiger partial charge in [0.1, 0.15) is 0 Å². The first kappa shape index (κ1) is 14.5. The van der Waals surface area contributed by atoms with Gasteiger partial charge in [-0.15, -0.1) is 0 Å². The average molecular weight is 240 g/mol. The van der Waals surface area contributed by atoms with Crippen LogP contribution in [0.2, 0.25) is 0 Å². The smallest absolute Gasteiger partial charge is 0.227 e. The monoisotopic (exact) mass is 240 g/mol. The van der Waals surface area contributed by atoms with Crippen molar-refractivity contribution >= 4 is 5.91 Å². The second-order valence-electron chi connectivity index (χ2n) is 5.39. The lowest BCUT2D eigenvalue weighted by Gasteiger charge is -2.31. The predicted octanol–water partition coefficient (Wildman–Crippen LogP) is 2.59. The number of nitrogens with one attached hydrogen (secondary N) is 1. The number of rotatable bonds is 5. The van der Waals surface area contributed by atoms with Crippen molar-refractivity contribution in [3.8, 4) is 0 Å². The molecule has 3 N–H and O–H groups in total. The first-order valence-electron chi connectivity index (χ1n) is 7.19. The molecule has 0 radical (unpaired) electrons. The molecule has 1 saturated carbocycles. The van der Waals surface area contributed by atoms with Gasteiger partial charge in [0.25, 0.3) is 0 Å². The highest BCUT2D eigenvalue weighted by atomic mass is 16.2. The molecule has 0 heterocycles. The van der Waals surface area contributed by atoms with Crippen LogP contribution in [0.1, 0.15) is 65.2 Å². The maximum Gasteiger partial charge on any atom is 0.227 e. The van der Waals surface area contributed by atoms with Crippen LogP contribution in [0.4, 0.5) is 0 Å². The summed E-state index contributed by atoms with van der Waals surface area (Å²) in [5.41, 5.74) is 5.63. The maximum absolute atomic E-state index is 12.4. The largest absolute Gasteiger partial charge is 0.353 e. The highest BCUT2D eigenvalue weighted by Crippen LogP contribution is 2.34. The Morgan fingerprint density at radius 3 is 2.12 bits per heavy atom. The number of hydrogen-bond donors (Lipinski definition) is 2. The zero-order valence-corrected chi connectivity index (χ0v) is 11.4. The lowest BCUT2D eigenvalue weighted by Crippen LogP contribution is -2.48. The second-order valence-corrected chi connectivity index (χ2v) is 5.39. The van der Waals surface area contributed by atoms with E-state index in [0.29, 0.717) is 12.6 Å². The van der Waals surface area contributed by atoms with Crippen LogP contribution < -0.4 is 11.1 Å². The fourth-order valence-electron chi connectivity index (χ4n) is 2.76. The Morgan fingerprint density at radius 2 is 1.71 bits per heavy atom. The summed E-state index contributed by atoms with van der Waals surface area (Å²) in [4.78, 5) is 12.4. The van der Waals surface area contributed by atoms with Gasteiger partial charge in [0.15, 0.2) is 0 Å². The molecule has 1 aliphatic rings. The summed E-state index contributed by atoms with van der Waals surface area (Å²) in [6, 6.07) is 0.314. The molecule has 1 amide bonds. The van der Waals surface area contributed by atoms with Gasteiger partial charge in [0.2, 0.25) is 5.91 Å². The summed E-state index contributed by atoms with van der Waals surface area (Å²) in [5.74, 6) is 0.204. The molecule has 0 aromatic rings. The number of carbonyl (C=O) groups excluding carboxylic acids is 1. The molecule has 0 unspecified atom stereocenters. The van der Waals surface area contributed by atoms with Crippen molar-refractivity contribution in [1.29, 1.82) is 0 Å². The summed E-state index contributed by atoms with van der Waals surface area (Å²) in [6.07, 6.45) is 8.73. The molecule has 17 heavy (non-hydrogen) atoms. The summed E-state index contributed by atoms with van der Waals surface area (Å²) in [7, 11) is 0. The summed E-state index contributed by atoms with van der Waals surface area (Å²) in [5, 5.41) is 3.19. The third-order valence-corrected chi connectivity index (χ3v) is 4.25. The number of hydrogen-bond acceptors (Lipinski definition) is 2. The van der Waals surface area contributed by atoms with E-state index in [1.165, 1.54) is 12.8 Å². The van der Waals surface area contributed by atoms with E-state index in [0.717, 1.165) is 38.5 Å². The van der Waals surface area contributed by atoms with Gasteiger partial charge in [-0.2, -0.15) is 0 Å². The lowest BCUT2D eigenvalue weighted by atomic mass is 9.79. The maximum atomic E-state index is 12.4. The Labute approximate surface area is 106 Å². The zero-order chi connectivity index (χ0) is 12.7. The fraction of sp³-hybridized carbons (Fsp3) is 0.929. The Kier molecular flexibility index (Phi) is 5.96. The Balaban J connectivity index is 2.66. The number of amides is 1. The van der Waals surface area contributed by atoms with Crippen LogP contribution >= 0.6 is 0 Å². The van der Waals surface area contributed by atoms with Crippen LogP contribution in [-0.4, -0.2) is 18.5 Å². The lowest BCUT2D eigenvalue weighted by molar-refractivity contribution is -0.132. The molecular formula is C14H28N2O. The van der Waals surface area contributed by atoms with Gasteiger partial charge in [0, 0.05) is 12.6 Å². The van der Waals surface area contributed by atoms with Gasteiger partial charge in [-0.05, 0) is 25.7 Å². The highest BCUT2D eigenvalue weighted by molar-refractivity contribution is 5.83. The minimum atomic E-state index is -0.279. The predicted molar refractivity (Wildman–Crippen MR) is 71.7 cm³/mol. The van der Waals surface area contributed by atoms with Gasteiger partial charge in [-0.25, -0.2) is 0 Å². The highest BCUT2D eigenvalue weighted by Gasteiger charge is 2.37. The van der Waals surface area contributed by atoms with Crippen LogP contribution in [0, 0.1) is 5.41 Å². The third-order valence-electron chi connectivity index (χ3n) is 4.25. The Hall–Kier alpha value is -0.570. The van der Waals surface area contributed by atoms with Gasteiger partial charge >= 0.3 is 0 Å². The summed E-state index contributed by atoms with van der Waals surface area (Å²) >= 11 is 0. The first-order valence-corrected chi connectivity index (χ1v) is 7.19. The van der Waals surface area contributed by atoms with Crippen molar-refractivity contribution in [2.75, 3.05) is 6.54 Å². The molecule has 0 aliphatic heterocycles. The quantitative estimate of drug-likeness (QED) is 0.726. The normalized spacial score (nSPS) is 20.0. The van der Waals surface area contributed by atoms with E-state index in [1.807, 2.05) is 0 Å². The van der Waals surface area contributed by atoms with Crippen molar-refractivity contribution in [2.45, 2.75) is 71.3 Å². The fourth-order valence-corrected chi connectivity index (χ4v) is 2.76. The molecule has 0 atom stereocenters. The van der Waals surface area contributed by atoms with Crippen molar-refractivity contribution in [1.82, 2.24) is 5.32 Å². The molecule has 3 heteroatoms. The van der Waals surface area contributed by atoms with Crippen LogP contribution in [0.15, 0.2) is 0 Å². The van der Waals surface area contributed by atoms with Crippen molar-refractivity contribution in [3.05, 3.63) is 0 Å². The molecule has 100 valence electrons. The Morgan fingerprint density at radius 1 is 1.18 bits per heavy atom. The standard InChI is InChI=1S/C14H28N2O/c1-3-12(4-2)16-13(17)14(11-15)9-7-5-6-8-10-14/h12H,3-11,15H2,1-2H3,(H,16,17). The van der Waals surface area contributed by atoms with Crippen molar-refractivity contribution < 1.29 is 4.79 Å². The van der Waals surface area contributed by atoms with Crippen LogP contribution in [0.5, 0.6) is 0 Å². The van der Waals surface area contributed by atoms with E-state index in [-0.39, 0.29) is 11.3 Å². The van der Waals surface area contributed by atoms with Gasteiger partial charge in [-0.3, -0.25) is 4.79 Å².